The van der Waals surface area contributed by atoms with Gasteiger partial charge in [-0.3, -0.25) is 4.79 Å². The highest BCUT2D eigenvalue weighted by atomic mass is 16.7. The zero-order valence-corrected chi connectivity index (χ0v) is 23.9. The van der Waals surface area contributed by atoms with Gasteiger partial charge in [-0.15, -0.1) is 0 Å². The molecule has 6 nitrogen and oxygen atoms in total. The summed E-state index contributed by atoms with van der Waals surface area (Å²) in [7, 11) is 3.84. The van der Waals surface area contributed by atoms with Crippen molar-refractivity contribution in [2.45, 2.75) is 40.2 Å². The molecule has 0 fully saturated rings. The Morgan fingerprint density at radius 3 is 1.85 bits per heavy atom. The lowest BCUT2D eigenvalue weighted by Gasteiger charge is -2.19. The average molecular weight is 532 g/mol. The van der Waals surface area contributed by atoms with E-state index in [-0.39, 0.29) is 19.4 Å². The molecule has 208 valence electrons. The number of hydrogen-bond donors (Lipinski definition) is 1. The lowest BCUT2D eigenvalue weighted by Crippen LogP contribution is -2.30. The second kappa shape index (κ2) is 14.0. The molecule has 3 aromatic rings. The van der Waals surface area contributed by atoms with Gasteiger partial charge in [-0.05, 0) is 93.4 Å². The number of rotatable bonds is 12. The summed E-state index contributed by atoms with van der Waals surface area (Å²) in [5, 5.41) is 10.1. The molecule has 1 atom stereocenters. The summed E-state index contributed by atoms with van der Waals surface area (Å²) in [6.45, 7) is 8.23. The standard InChI is InChI=1S/C33H41NO5/c1-7-30(24-11-9-8-10-12-24)31(25-13-17-28(18-14-25)37-22-27(35)21-34(5)6)26-15-19-29(20-16-26)38-23-39-32(36)33(2,3)4/h8-20,27,35H,7,21-23H2,1-6H3/b31-30+. The van der Waals surface area contributed by atoms with Gasteiger partial charge in [0.15, 0.2) is 0 Å². The highest BCUT2D eigenvalue weighted by molar-refractivity contribution is 5.98. The van der Waals surface area contributed by atoms with Crippen molar-refractivity contribution in [1.29, 1.82) is 0 Å². The third-order valence-corrected chi connectivity index (χ3v) is 6.11. The highest BCUT2D eigenvalue weighted by Crippen LogP contribution is 2.35. The van der Waals surface area contributed by atoms with Gasteiger partial charge in [-0.1, -0.05) is 61.5 Å². The van der Waals surface area contributed by atoms with E-state index in [0.717, 1.165) is 28.7 Å². The Kier molecular flexibility index (Phi) is 10.7. The predicted molar refractivity (Wildman–Crippen MR) is 157 cm³/mol. The lowest BCUT2D eigenvalue weighted by molar-refractivity contribution is -0.159. The molecule has 0 aromatic heterocycles. The molecule has 39 heavy (non-hydrogen) atoms. The van der Waals surface area contributed by atoms with E-state index in [1.165, 1.54) is 5.57 Å². The van der Waals surface area contributed by atoms with Crippen LogP contribution in [-0.4, -0.2) is 56.1 Å². The zero-order valence-electron chi connectivity index (χ0n) is 23.9. The normalized spacial score (nSPS) is 13.0. The first kappa shape index (κ1) is 29.9. The zero-order chi connectivity index (χ0) is 28.4. The molecule has 0 radical (unpaired) electrons. The van der Waals surface area contributed by atoms with Crippen molar-refractivity contribution in [3.63, 3.8) is 0 Å². The Balaban J connectivity index is 1.86. The quantitative estimate of drug-likeness (QED) is 0.168. The Hall–Kier alpha value is -3.61. The molecule has 1 unspecified atom stereocenters. The van der Waals surface area contributed by atoms with Crippen LogP contribution in [0.1, 0.15) is 50.8 Å². The van der Waals surface area contributed by atoms with E-state index in [0.29, 0.717) is 18.0 Å². The van der Waals surface area contributed by atoms with E-state index >= 15 is 0 Å². The van der Waals surface area contributed by atoms with E-state index in [9.17, 15) is 9.90 Å². The van der Waals surface area contributed by atoms with Gasteiger partial charge in [0.25, 0.3) is 0 Å². The van der Waals surface area contributed by atoms with Gasteiger partial charge in [-0.2, -0.15) is 0 Å². The van der Waals surface area contributed by atoms with Gasteiger partial charge >= 0.3 is 5.97 Å². The fourth-order valence-electron chi connectivity index (χ4n) is 4.15. The van der Waals surface area contributed by atoms with Crippen LogP contribution in [0.2, 0.25) is 0 Å². The van der Waals surface area contributed by atoms with Crippen LogP contribution < -0.4 is 9.47 Å². The Morgan fingerprint density at radius 2 is 1.36 bits per heavy atom. The van der Waals surface area contributed by atoms with E-state index in [1.807, 2.05) is 82.2 Å². The van der Waals surface area contributed by atoms with Gasteiger partial charge in [0.2, 0.25) is 6.79 Å². The van der Waals surface area contributed by atoms with Gasteiger partial charge < -0.3 is 24.2 Å². The summed E-state index contributed by atoms with van der Waals surface area (Å²) >= 11 is 0. The number of esters is 1. The van der Waals surface area contributed by atoms with Crippen LogP contribution in [0.3, 0.4) is 0 Å². The van der Waals surface area contributed by atoms with Crippen molar-refractivity contribution in [2.75, 3.05) is 34.0 Å². The third-order valence-electron chi connectivity index (χ3n) is 6.11. The average Bonchev–Trinajstić information content (AvgIpc) is 2.91. The Morgan fingerprint density at radius 1 is 0.821 bits per heavy atom. The second-order valence-electron chi connectivity index (χ2n) is 10.8. The molecule has 0 bridgehead atoms. The summed E-state index contributed by atoms with van der Waals surface area (Å²) in [5.74, 6) is 1.03. The minimum atomic E-state index is -0.576. The summed E-state index contributed by atoms with van der Waals surface area (Å²) in [4.78, 5) is 13.9. The largest absolute Gasteiger partial charge is 0.491 e. The fraction of sp³-hybridized carbons (Fsp3) is 0.364. The van der Waals surface area contributed by atoms with Crippen LogP contribution in [-0.2, 0) is 9.53 Å². The molecule has 3 aromatic carbocycles. The SMILES string of the molecule is CC/C(=C(\c1ccc(OCOC(=O)C(C)(C)C)cc1)c1ccc(OCC(O)CN(C)C)cc1)c1ccccc1. The number of nitrogens with zero attached hydrogens (tertiary/aromatic N) is 1. The topological polar surface area (TPSA) is 68.2 Å². The number of carbonyl (C=O) groups excluding carboxylic acids is 1. The number of benzene rings is 3. The molecule has 0 aliphatic heterocycles. The number of ether oxygens (including phenoxy) is 3. The molecule has 1 N–H and O–H groups in total. The summed E-state index contributed by atoms with van der Waals surface area (Å²) in [6, 6.07) is 26.2. The lowest BCUT2D eigenvalue weighted by atomic mass is 9.88. The van der Waals surface area contributed by atoms with Crippen molar-refractivity contribution in [3.05, 3.63) is 95.6 Å². The maximum absolute atomic E-state index is 12.0. The molecule has 6 heteroatoms. The molecule has 0 aliphatic rings. The third kappa shape index (κ3) is 8.98. The van der Waals surface area contributed by atoms with E-state index in [4.69, 9.17) is 14.2 Å². The molecule has 0 saturated carbocycles. The molecular formula is C33H41NO5. The van der Waals surface area contributed by atoms with Gasteiger partial charge in [0, 0.05) is 6.54 Å². The maximum atomic E-state index is 12.0. The van der Waals surface area contributed by atoms with Crippen molar-refractivity contribution in [1.82, 2.24) is 4.90 Å². The minimum absolute atomic E-state index is 0.132. The van der Waals surface area contributed by atoms with Crippen LogP contribution in [0, 0.1) is 5.41 Å². The molecule has 0 aliphatic carbocycles. The smallest absolute Gasteiger partial charge is 0.314 e. The van der Waals surface area contributed by atoms with Crippen LogP contribution in [0.25, 0.3) is 11.1 Å². The number of aliphatic hydroxyl groups is 1. The first-order valence-corrected chi connectivity index (χ1v) is 13.3. The minimum Gasteiger partial charge on any atom is -0.491 e. The number of carbonyl (C=O) groups is 1. The highest BCUT2D eigenvalue weighted by Gasteiger charge is 2.23. The molecular weight excluding hydrogens is 490 g/mol. The van der Waals surface area contributed by atoms with Crippen molar-refractivity contribution in [2.24, 2.45) is 5.41 Å². The first-order chi connectivity index (χ1) is 18.6. The Bertz CT molecular complexity index is 1210. The number of aliphatic hydroxyl groups excluding tert-OH is 1. The predicted octanol–water partition coefficient (Wildman–Crippen LogP) is 6.28. The van der Waals surface area contributed by atoms with Crippen molar-refractivity contribution < 1.29 is 24.1 Å². The van der Waals surface area contributed by atoms with Crippen LogP contribution in [0.4, 0.5) is 0 Å². The van der Waals surface area contributed by atoms with Crippen LogP contribution in [0.5, 0.6) is 11.5 Å². The number of hydrogen-bond acceptors (Lipinski definition) is 6. The van der Waals surface area contributed by atoms with E-state index in [1.54, 1.807) is 0 Å². The molecule has 0 spiro atoms. The number of likely N-dealkylation sites (N-methyl/N-ethyl adjacent to an activating group) is 1. The monoisotopic (exact) mass is 531 g/mol. The van der Waals surface area contributed by atoms with Gasteiger partial charge in [-0.25, -0.2) is 0 Å². The molecule has 0 saturated heterocycles. The molecule has 3 rings (SSSR count). The van der Waals surface area contributed by atoms with Gasteiger partial charge in [0.1, 0.15) is 24.2 Å². The van der Waals surface area contributed by atoms with Gasteiger partial charge in [0.05, 0.1) is 5.41 Å². The van der Waals surface area contributed by atoms with Crippen molar-refractivity contribution >= 4 is 17.1 Å². The Labute approximate surface area is 232 Å². The summed E-state index contributed by atoms with van der Waals surface area (Å²) < 4.78 is 16.7. The molecule has 0 amide bonds. The molecule has 0 heterocycles. The van der Waals surface area contributed by atoms with Crippen LogP contribution in [0.15, 0.2) is 78.9 Å². The second-order valence-corrected chi connectivity index (χ2v) is 10.8. The fourth-order valence-corrected chi connectivity index (χ4v) is 4.15. The van der Waals surface area contributed by atoms with Crippen molar-refractivity contribution in [3.8, 4) is 11.5 Å². The van der Waals surface area contributed by atoms with E-state index < -0.39 is 11.5 Å². The van der Waals surface area contributed by atoms with E-state index in [2.05, 4.69) is 43.3 Å². The maximum Gasteiger partial charge on any atom is 0.314 e. The van der Waals surface area contributed by atoms with Crippen LogP contribution >= 0.6 is 0 Å². The first-order valence-electron chi connectivity index (χ1n) is 13.3. The summed E-state index contributed by atoms with van der Waals surface area (Å²) in [6.07, 6.45) is 0.285. The summed E-state index contributed by atoms with van der Waals surface area (Å²) in [5.41, 5.74) is 5.03. The number of allylic oxidation sites excluding steroid dienone is 1.